The molecular weight excluding hydrogens is 514 g/mol. The first kappa shape index (κ1) is 27.8. The number of likely N-dealkylation sites (tertiary alicyclic amines) is 1. The minimum atomic E-state index is -0.926. The third kappa shape index (κ3) is 4.57. The molecule has 210 valence electrons. The Kier molecular flexibility index (Phi) is 8.10. The van der Waals surface area contributed by atoms with Crippen molar-refractivity contribution in [3.8, 4) is 0 Å². The van der Waals surface area contributed by atoms with Crippen molar-refractivity contribution in [1.29, 1.82) is 0 Å². The minimum Gasteiger partial charge on any atom is -0.465 e. The molecule has 4 heterocycles. The molecule has 0 aliphatic carbocycles. The van der Waals surface area contributed by atoms with Gasteiger partial charge in [-0.15, -0.1) is 11.8 Å². The van der Waals surface area contributed by atoms with Crippen molar-refractivity contribution in [2.45, 2.75) is 62.1 Å². The summed E-state index contributed by atoms with van der Waals surface area (Å²) in [6, 6.07) is 6.61. The number of benzene rings is 1. The molecule has 1 aromatic rings. The highest BCUT2D eigenvalue weighted by atomic mass is 32.2. The summed E-state index contributed by atoms with van der Waals surface area (Å²) in [4.78, 5) is 47.7. The van der Waals surface area contributed by atoms with Gasteiger partial charge in [-0.05, 0) is 57.4 Å². The van der Waals surface area contributed by atoms with Gasteiger partial charge in [-0.1, -0.05) is 31.2 Å². The fourth-order valence-electron chi connectivity index (χ4n) is 6.66. The van der Waals surface area contributed by atoms with Gasteiger partial charge in [0.2, 0.25) is 5.91 Å². The number of fused-ring (bicyclic) bond motifs is 2. The van der Waals surface area contributed by atoms with Gasteiger partial charge >= 0.3 is 5.97 Å². The van der Waals surface area contributed by atoms with E-state index in [0.717, 1.165) is 37.3 Å². The van der Waals surface area contributed by atoms with Gasteiger partial charge in [0, 0.05) is 36.3 Å². The van der Waals surface area contributed by atoms with Crippen LogP contribution in [0.25, 0.3) is 0 Å². The molecule has 4 aliphatic rings. The summed E-state index contributed by atoms with van der Waals surface area (Å²) in [6.07, 6.45) is 10.1. The number of thioether (sulfide) groups is 1. The minimum absolute atomic E-state index is 0.185. The average molecular weight is 554 g/mol. The molecule has 1 aromatic carbocycles. The molecule has 1 N–H and O–H groups in total. The largest absolute Gasteiger partial charge is 0.465 e. The lowest BCUT2D eigenvalue weighted by Gasteiger charge is -2.38. The fraction of sp³-hybridized carbons (Fsp3) is 0.567. The first-order chi connectivity index (χ1) is 18.9. The van der Waals surface area contributed by atoms with Gasteiger partial charge in [-0.2, -0.15) is 0 Å². The molecule has 6 atom stereocenters. The van der Waals surface area contributed by atoms with Crippen LogP contribution in [0.3, 0.4) is 0 Å². The maximum Gasteiger partial charge on any atom is 0.311 e. The predicted octanol–water partition coefficient (Wildman–Crippen LogP) is 3.40. The Morgan fingerprint density at radius 2 is 1.85 bits per heavy atom. The van der Waals surface area contributed by atoms with Gasteiger partial charge in [-0.3, -0.25) is 14.4 Å². The lowest BCUT2D eigenvalue weighted by Crippen LogP contribution is -2.56. The standard InChI is InChI=1S/C30H39N3O5S/c1-4-20(19-34)33-26-28(36)32(22-14-12-21(13-15-22)31(5-2)6-3)17-10-16-30(26)25(27(33)35)24-23(39-30)11-8-7-9-18-38-29(24)37/h8,10-16,20,23-26,34H,4-7,9,17-19H2,1-3H3/b11-8-/t20-,23+,24-,25-,26?,30-/m0/s1. The van der Waals surface area contributed by atoms with Crippen LogP contribution >= 0.6 is 11.8 Å². The Bertz CT molecular complexity index is 1150. The van der Waals surface area contributed by atoms with Crippen molar-refractivity contribution in [3.05, 3.63) is 48.6 Å². The van der Waals surface area contributed by atoms with Gasteiger partial charge in [0.05, 0.1) is 35.8 Å². The number of aliphatic hydroxyl groups is 1. The number of carbonyl (C=O) groups is 3. The van der Waals surface area contributed by atoms with E-state index < -0.39 is 28.7 Å². The Morgan fingerprint density at radius 3 is 2.51 bits per heavy atom. The van der Waals surface area contributed by atoms with Crippen LogP contribution in [0.1, 0.15) is 40.0 Å². The Balaban J connectivity index is 1.58. The van der Waals surface area contributed by atoms with Crippen molar-refractivity contribution in [3.63, 3.8) is 0 Å². The van der Waals surface area contributed by atoms with Crippen LogP contribution in [0.4, 0.5) is 11.4 Å². The zero-order valence-electron chi connectivity index (χ0n) is 23.0. The predicted molar refractivity (Wildman–Crippen MR) is 154 cm³/mol. The number of carbonyl (C=O) groups excluding carboxylic acids is 3. The molecule has 5 rings (SSSR count). The fourth-order valence-corrected chi connectivity index (χ4v) is 8.65. The monoisotopic (exact) mass is 553 g/mol. The summed E-state index contributed by atoms with van der Waals surface area (Å²) in [5, 5.41) is 10.0. The van der Waals surface area contributed by atoms with Gasteiger partial charge in [-0.25, -0.2) is 0 Å². The van der Waals surface area contributed by atoms with E-state index >= 15 is 0 Å². The summed E-state index contributed by atoms with van der Waals surface area (Å²) in [5.41, 5.74) is 1.85. The van der Waals surface area contributed by atoms with Crippen molar-refractivity contribution in [2.75, 3.05) is 42.6 Å². The van der Waals surface area contributed by atoms with E-state index in [2.05, 4.69) is 24.8 Å². The number of allylic oxidation sites excluding steroid dienone is 1. The highest BCUT2D eigenvalue weighted by molar-refractivity contribution is 8.02. The molecule has 2 saturated heterocycles. The van der Waals surface area contributed by atoms with Crippen LogP contribution in [0.5, 0.6) is 0 Å². The van der Waals surface area contributed by atoms with E-state index in [0.29, 0.717) is 19.6 Å². The zero-order chi connectivity index (χ0) is 27.7. The van der Waals surface area contributed by atoms with Crippen molar-refractivity contribution in [1.82, 2.24) is 4.90 Å². The van der Waals surface area contributed by atoms with E-state index in [9.17, 15) is 19.5 Å². The SMILES string of the molecule is CC[C@@H](CO)N1C(=O)[C@@H]2[C@H]3C(=O)OCCC/C=C\[C@H]3S[C@@]23C=CCN(c2ccc(N(CC)CC)cc2)C(=O)C13. The maximum atomic E-state index is 14.5. The van der Waals surface area contributed by atoms with Crippen molar-refractivity contribution < 1.29 is 24.2 Å². The molecule has 2 fully saturated rings. The highest BCUT2D eigenvalue weighted by Gasteiger charge is 2.71. The average Bonchev–Trinajstić information content (AvgIpc) is 3.36. The number of aliphatic hydroxyl groups excluding tert-OH is 1. The molecule has 1 unspecified atom stereocenters. The molecule has 0 saturated carbocycles. The van der Waals surface area contributed by atoms with Crippen LogP contribution < -0.4 is 9.80 Å². The van der Waals surface area contributed by atoms with E-state index in [4.69, 9.17) is 4.74 Å². The topological polar surface area (TPSA) is 90.4 Å². The van der Waals surface area contributed by atoms with Gasteiger partial charge < -0.3 is 24.5 Å². The van der Waals surface area contributed by atoms with E-state index in [1.807, 2.05) is 49.4 Å². The summed E-state index contributed by atoms with van der Waals surface area (Å²) in [7, 11) is 0. The number of nitrogens with zero attached hydrogens (tertiary/aromatic N) is 3. The van der Waals surface area contributed by atoms with Crippen molar-refractivity contribution >= 4 is 40.9 Å². The summed E-state index contributed by atoms with van der Waals surface area (Å²) in [5.74, 6) is -2.23. The van der Waals surface area contributed by atoms with Gasteiger partial charge in [0.25, 0.3) is 5.91 Å². The van der Waals surface area contributed by atoms with Gasteiger partial charge in [0.1, 0.15) is 6.04 Å². The third-order valence-corrected chi connectivity index (χ3v) is 10.4. The number of anilines is 2. The molecule has 9 heteroatoms. The number of esters is 1. The quantitative estimate of drug-likeness (QED) is 0.409. The lowest BCUT2D eigenvalue weighted by atomic mass is 9.78. The first-order valence-electron chi connectivity index (χ1n) is 14.2. The van der Waals surface area contributed by atoms with E-state index in [1.165, 1.54) is 11.8 Å². The second-order valence-electron chi connectivity index (χ2n) is 10.6. The molecule has 2 amide bonds. The Hall–Kier alpha value is -2.78. The van der Waals surface area contributed by atoms with Crippen LogP contribution in [0.2, 0.25) is 0 Å². The van der Waals surface area contributed by atoms with E-state index in [-0.39, 0.29) is 29.6 Å². The van der Waals surface area contributed by atoms with Crippen LogP contribution in [-0.4, -0.2) is 82.7 Å². The maximum absolute atomic E-state index is 14.5. The van der Waals surface area contributed by atoms with Crippen LogP contribution in [0.15, 0.2) is 48.6 Å². The summed E-state index contributed by atoms with van der Waals surface area (Å²) in [6.45, 7) is 8.34. The summed E-state index contributed by atoms with van der Waals surface area (Å²) < 4.78 is 4.69. The lowest BCUT2D eigenvalue weighted by molar-refractivity contribution is -0.153. The molecule has 0 bridgehead atoms. The van der Waals surface area contributed by atoms with Crippen molar-refractivity contribution in [2.24, 2.45) is 11.8 Å². The smallest absolute Gasteiger partial charge is 0.311 e. The molecule has 39 heavy (non-hydrogen) atoms. The van der Waals surface area contributed by atoms with E-state index in [1.54, 1.807) is 9.80 Å². The normalized spacial score (nSPS) is 31.8. The highest BCUT2D eigenvalue weighted by Crippen LogP contribution is 2.61. The van der Waals surface area contributed by atoms with Crippen LogP contribution in [0, 0.1) is 11.8 Å². The molecule has 0 radical (unpaired) electrons. The Morgan fingerprint density at radius 1 is 1.10 bits per heavy atom. The van der Waals surface area contributed by atoms with Gasteiger partial charge in [0.15, 0.2) is 0 Å². The number of ether oxygens (including phenoxy) is 1. The first-order valence-corrected chi connectivity index (χ1v) is 15.1. The number of cyclic esters (lactones) is 1. The number of hydrogen-bond acceptors (Lipinski definition) is 7. The second-order valence-corrected chi connectivity index (χ2v) is 12.1. The molecule has 0 aromatic heterocycles. The number of amides is 2. The molecule has 8 nitrogen and oxygen atoms in total. The molecular formula is C30H39N3O5S. The third-order valence-electron chi connectivity index (χ3n) is 8.65. The molecule has 4 aliphatic heterocycles. The van der Waals surface area contributed by atoms with Crippen LogP contribution in [-0.2, 0) is 19.1 Å². The zero-order valence-corrected chi connectivity index (χ0v) is 23.8. The second kappa shape index (κ2) is 11.4. The Labute approximate surface area is 235 Å². The molecule has 1 spiro atoms. The number of rotatable bonds is 7. The summed E-state index contributed by atoms with van der Waals surface area (Å²) >= 11 is 1.53. The number of hydrogen-bond donors (Lipinski definition) is 1.